The Morgan fingerprint density at radius 1 is 1.05 bits per heavy atom. The second-order valence-corrected chi connectivity index (χ2v) is 5.01. The van der Waals surface area contributed by atoms with Crippen LogP contribution in [0.4, 0.5) is 13.2 Å². The molecule has 0 aromatic heterocycles. The van der Waals surface area contributed by atoms with Crippen LogP contribution in [0.5, 0.6) is 0 Å². The van der Waals surface area contributed by atoms with Crippen molar-refractivity contribution in [3.8, 4) is 0 Å². The third kappa shape index (κ3) is 4.10. The van der Waals surface area contributed by atoms with Crippen molar-refractivity contribution < 1.29 is 23.1 Å². The van der Waals surface area contributed by atoms with Gasteiger partial charge in [0.1, 0.15) is 0 Å². The second-order valence-electron chi connectivity index (χ2n) is 5.01. The first-order valence-electron chi connectivity index (χ1n) is 6.80. The summed E-state index contributed by atoms with van der Waals surface area (Å²) in [4.78, 5) is 8.90. The van der Waals surface area contributed by atoms with E-state index in [0.717, 1.165) is 19.3 Å². The second kappa shape index (κ2) is 6.64. The van der Waals surface area contributed by atoms with E-state index in [2.05, 4.69) is 48.6 Å². The van der Waals surface area contributed by atoms with Crippen LogP contribution >= 0.6 is 0 Å². The Labute approximate surface area is 126 Å². The Bertz CT molecular complexity index is 652. The molecule has 22 heavy (non-hydrogen) atoms. The molecule has 2 aliphatic carbocycles. The summed E-state index contributed by atoms with van der Waals surface area (Å²) in [5.74, 6) is -2.76. The molecule has 0 saturated carbocycles. The number of rotatable bonds is 0. The fourth-order valence-electron chi connectivity index (χ4n) is 2.37. The molecule has 2 nitrogen and oxygen atoms in total. The maximum absolute atomic E-state index is 10.6. The van der Waals surface area contributed by atoms with Gasteiger partial charge >= 0.3 is 12.1 Å². The van der Waals surface area contributed by atoms with Gasteiger partial charge in [0.25, 0.3) is 0 Å². The third-order valence-corrected chi connectivity index (χ3v) is 3.49. The van der Waals surface area contributed by atoms with Gasteiger partial charge in [0.15, 0.2) is 0 Å². The van der Waals surface area contributed by atoms with Gasteiger partial charge in [-0.15, -0.1) is 0 Å². The molecule has 116 valence electrons. The highest BCUT2D eigenvalue weighted by Crippen LogP contribution is 2.28. The summed E-state index contributed by atoms with van der Waals surface area (Å²) in [6.45, 7) is 0. The molecule has 0 radical (unpaired) electrons. The number of aliphatic carboxylic acids is 1. The summed E-state index contributed by atoms with van der Waals surface area (Å²) in [5.41, 5.74) is 6.00. The molecule has 2 aliphatic rings. The van der Waals surface area contributed by atoms with Crippen LogP contribution in [0.2, 0.25) is 0 Å². The lowest BCUT2D eigenvalue weighted by Crippen LogP contribution is -2.21. The molecule has 1 N–H and O–H groups in total. The van der Waals surface area contributed by atoms with Crippen LogP contribution in [0, 0.1) is 0 Å². The lowest BCUT2D eigenvalue weighted by atomic mass is 9.94. The molecular formula is C17H15F3O2. The van der Waals surface area contributed by atoms with Gasteiger partial charge in [0.05, 0.1) is 0 Å². The van der Waals surface area contributed by atoms with Gasteiger partial charge in [0.2, 0.25) is 0 Å². The summed E-state index contributed by atoms with van der Waals surface area (Å²) in [6.07, 6.45) is 7.30. The van der Waals surface area contributed by atoms with Crippen molar-refractivity contribution in [2.45, 2.75) is 25.4 Å². The number of allylic oxidation sites excluding steroid dienone is 6. The van der Waals surface area contributed by atoms with Crippen molar-refractivity contribution in [1.29, 1.82) is 0 Å². The summed E-state index contributed by atoms with van der Waals surface area (Å²) in [5, 5.41) is 7.12. The third-order valence-electron chi connectivity index (χ3n) is 3.49. The van der Waals surface area contributed by atoms with Gasteiger partial charge in [-0.05, 0) is 41.5 Å². The molecule has 5 heteroatoms. The molecule has 0 unspecified atom stereocenters. The van der Waals surface area contributed by atoms with E-state index in [4.69, 9.17) is 9.90 Å². The highest BCUT2D eigenvalue weighted by atomic mass is 19.4. The van der Waals surface area contributed by atoms with Crippen molar-refractivity contribution in [2.75, 3.05) is 0 Å². The normalized spacial score (nSPS) is 16.1. The van der Waals surface area contributed by atoms with E-state index in [1.807, 2.05) is 0 Å². The van der Waals surface area contributed by atoms with Crippen LogP contribution in [-0.2, 0) is 17.6 Å². The minimum absolute atomic E-state index is 1.09. The Morgan fingerprint density at radius 2 is 1.68 bits per heavy atom. The van der Waals surface area contributed by atoms with Crippen LogP contribution in [0.15, 0.2) is 59.7 Å². The number of benzene rings is 1. The predicted molar refractivity (Wildman–Crippen MR) is 77.5 cm³/mol. The average molecular weight is 308 g/mol. The van der Waals surface area contributed by atoms with E-state index < -0.39 is 12.1 Å². The quantitative estimate of drug-likeness (QED) is 0.778. The molecule has 0 fully saturated rings. The first-order chi connectivity index (χ1) is 10.4. The molecule has 0 amide bonds. The van der Waals surface area contributed by atoms with Gasteiger partial charge in [-0.1, -0.05) is 48.6 Å². The van der Waals surface area contributed by atoms with Crippen LogP contribution in [0.25, 0.3) is 0 Å². The number of carboxylic acids is 1. The fourth-order valence-corrected chi connectivity index (χ4v) is 2.37. The Kier molecular flexibility index (Phi) is 4.85. The topological polar surface area (TPSA) is 37.3 Å². The molecule has 0 atom stereocenters. The summed E-state index contributed by atoms with van der Waals surface area (Å²) >= 11 is 0. The van der Waals surface area contributed by atoms with Crippen molar-refractivity contribution >= 4 is 5.97 Å². The van der Waals surface area contributed by atoms with Crippen LogP contribution in [0.1, 0.15) is 17.5 Å². The lowest BCUT2D eigenvalue weighted by Gasteiger charge is -2.11. The number of carboxylic acid groups (broad SMARTS) is 1. The zero-order chi connectivity index (χ0) is 16.2. The molecular weight excluding hydrogens is 293 g/mol. The van der Waals surface area contributed by atoms with E-state index in [0.29, 0.717) is 0 Å². The average Bonchev–Trinajstić information content (AvgIpc) is 2.66. The summed E-state index contributed by atoms with van der Waals surface area (Å²) < 4.78 is 31.7. The number of hydrogen-bond donors (Lipinski definition) is 1. The molecule has 0 spiro atoms. The largest absolute Gasteiger partial charge is 0.490 e. The summed E-state index contributed by atoms with van der Waals surface area (Å²) in [7, 11) is 0. The smallest absolute Gasteiger partial charge is 0.475 e. The van der Waals surface area contributed by atoms with Crippen molar-refractivity contribution in [3.05, 3.63) is 70.8 Å². The number of halogens is 3. The van der Waals surface area contributed by atoms with Gasteiger partial charge in [-0.25, -0.2) is 4.79 Å². The van der Waals surface area contributed by atoms with Gasteiger partial charge in [-0.3, -0.25) is 0 Å². The highest BCUT2D eigenvalue weighted by Gasteiger charge is 2.38. The molecule has 0 bridgehead atoms. The van der Waals surface area contributed by atoms with Crippen LogP contribution in [-0.4, -0.2) is 17.3 Å². The highest BCUT2D eigenvalue weighted by molar-refractivity contribution is 5.73. The Morgan fingerprint density at radius 3 is 2.32 bits per heavy atom. The van der Waals surface area contributed by atoms with Crippen molar-refractivity contribution in [1.82, 2.24) is 0 Å². The number of hydrogen-bond acceptors (Lipinski definition) is 1. The minimum atomic E-state index is -5.08. The molecule has 0 heterocycles. The van der Waals surface area contributed by atoms with E-state index in [1.165, 1.54) is 22.3 Å². The molecule has 0 aliphatic heterocycles. The number of alkyl halides is 3. The Hall–Kier alpha value is -2.30. The predicted octanol–water partition coefficient (Wildman–Crippen LogP) is 4.23. The van der Waals surface area contributed by atoms with Gasteiger partial charge < -0.3 is 5.11 Å². The SMILES string of the molecule is C1=CCC2=CCc3ccccc3CC2=C1.O=C(O)C(F)(F)F. The van der Waals surface area contributed by atoms with Crippen molar-refractivity contribution in [2.24, 2.45) is 0 Å². The van der Waals surface area contributed by atoms with Crippen molar-refractivity contribution in [3.63, 3.8) is 0 Å². The number of fused-ring (bicyclic) bond motifs is 2. The minimum Gasteiger partial charge on any atom is -0.475 e. The van der Waals surface area contributed by atoms with Crippen LogP contribution in [0.3, 0.4) is 0 Å². The molecule has 1 aromatic carbocycles. The molecule has 3 rings (SSSR count). The Balaban J connectivity index is 0.000000217. The zero-order valence-corrected chi connectivity index (χ0v) is 11.7. The van der Waals surface area contributed by atoms with E-state index in [9.17, 15) is 13.2 Å². The first kappa shape index (κ1) is 16.1. The van der Waals surface area contributed by atoms with Crippen LogP contribution < -0.4 is 0 Å². The molecule has 0 saturated heterocycles. The van der Waals surface area contributed by atoms with Gasteiger partial charge in [-0.2, -0.15) is 13.2 Å². The summed E-state index contributed by atoms with van der Waals surface area (Å²) in [6, 6.07) is 8.78. The fraction of sp³-hybridized carbons (Fsp3) is 0.235. The number of carbonyl (C=O) groups is 1. The maximum atomic E-state index is 10.6. The standard InChI is InChI=1S/C15H14.C2HF3O2/c1-3-7-14-11-15-8-4-2-6-13(15)10-9-12(14)5-1;3-2(4,5)1(6)7/h1-5,7-8,10H,6,9,11H2;(H,6,7). The van der Waals surface area contributed by atoms with E-state index in [1.54, 1.807) is 0 Å². The zero-order valence-electron chi connectivity index (χ0n) is 11.7. The maximum Gasteiger partial charge on any atom is 0.490 e. The lowest BCUT2D eigenvalue weighted by molar-refractivity contribution is -0.192. The molecule has 1 aromatic rings. The van der Waals surface area contributed by atoms with Gasteiger partial charge in [0, 0.05) is 0 Å². The monoisotopic (exact) mass is 308 g/mol. The van der Waals surface area contributed by atoms with E-state index >= 15 is 0 Å². The first-order valence-corrected chi connectivity index (χ1v) is 6.80. The van der Waals surface area contributed by atoms with E-state index in [-0.39, 0.29) is 0 Å².